The van der Waals surface area contributed by atoms with E-state index in [1.54, 1.807) is 0 Å². The second-order valence-corrected chi connectivity index (χ2v) is 8.21. The average molecular weight is 438 g/mol. The van der Waals surface area contributed by atoms with Gasteiger partial charge in [-0.15, -0.1) is 0 Å². The SMILES string of the molecule is C=CC(=O)NC[C@@H]1C[C@@H]2O[C@H](CCOCc3ccccc3)[C@@H](OCc3ccccc3)[C@@H]2O1. The van der Waals surface area contributed by atoms with Crippen molar-refractivity contribution in [2.45, 2.75) is 56.6 Å². The largest absolute Gasteiger partial charge is 0.377 e. The lowest BCUT2D eigenvalue weighted by Crippen LogP contribution is -2.37. The van der Waals surface area contributed by atoms with Gasteiger partial charge in [-0.1, -0.05) is 67.2 Å². The van der Waals surface area contributed by atoms with E-state index in [9.17, 15) is 4.79 Å². The summed E-state index contributed by atoms with van der Waals surface area (Å²) in [6, 6.07) is 20.2. The molecule has 2 aromatic rings. The number of carbonyl (C=O) groups is 1. The van der Waals surface area contributed by atoms with Crippen LogP contribution in [-0.2, 0) is 37.0 Å². The van der Waals surface area contributed by atoms with E-state index in [1.807, 2.05) is 48.5 Å². The fourth-order valence-electron chi connectivity index (χ4n) is 4.28. The molecule has 0 spiro atoms. The number of carbonyl (C=O) groups excluding carboxylic acids is 1. The first-order valence-electron chi connectivity index (χ1n) is 11.2. The average Bonchev–Trinajstić information content (AvgIpc) is 3.37. The van der Waals surface area contributed by atoms with Crippen molar-refractivity contribution in [3.05, 3.63) is 84.4 Å². The second-order valence-electron chi connectivity index (χ2n) is 8.21. The number of ether oxygens (including phenoxy) is 4. The van der Waals surface area contributed by atoms with Gasteiger partial charge in [0.25, 0.3) is 0 Å². The van der Waals surface area contributed by atoms with Crippen LogP contribution in [0.1, 0.15) is 24.0 Å². The summed E-state index contributed by atoms with van der Waals surface area (Å²) in [6.45, 7) is 5.59. The van der Waals surface area contributed by atoms with E-state index in [0.717, 1.165) is 24.0 Å². The minimum atomic E-state index is -0.197. The highest BCUT2D eigenvalue weighted by molar-refractivity contribution is 5.86. The first kappa shape index (κ1) is 22.7. The van der Waals surface area contributed by atoms with Gasteiger partial charge in [0, 0.05) is 19.6 Å². The van der Waals surface area contributed by atoms with E-state index in [4.69, 9.17) is 18.9 Å². The summed E-state index contributed by atoms with van der Waals surface area (Å²) in [5.41, 5.74) is 2.27. The Morgan fingerprint density at radius 2 is 1.72 bits per heavy atom. The maximum Gasteiger partial charge on any atom is 0.243 e. The Morgan fingerprint density at radius 1 is 1.03 bits per heavy atom. The molecule has 1 amide bonds. The van der Waals surface area contributed by atoms with Gasteiger partial charge in [0.2, 0.25) is 5.91 Å². The molecule has 0 bridgehead atoms. The summed E-state index contributed by atoms with van der Waals surface area (Å²) in [5.74, 6) is -0.197. The molecule has 0 aliphatic carbocycles. The zero-order valence-corrected chi connectivity index (χ0v) is 18.2. The highest BCUT2D eigenvalue weighted by Gasteiger charge is 2.51. The normalized spacial score (nSPS) is 26.6. The molecule has 0 unspecified atom stereocenters. The van der Waals surface area contributed by atoms with Crippen molar-refractivity contribution in [2.75, 3.05) is 13.2 Å². The molecular weight excluding hydrogens is 406 g/mol. The maximum absolute atomic E-state index is 11.5. The number of benzene rings is 2. The quantitative estimate of drug-likeness (QED) is 0.431. The lowest BCUT2D eigenvalue weighted by molar-refractivity contribution is -0.117. The Morgan fingerprint density at radius 3 is 2.41 bits per heavy atom. The first-order chi connectivity index (χ1) is 15.7. The highest BCUT2D eigenvalue weighted by atomic mass is 16.6. The lowest BCUT2D eigenvalue weighted by atomic mass is 10.0. The second kappa shape index (κ2) is 11.4. The number of amides is 1. The third kappa shape index (κ3) is 6.04. The molecule has 6 heteroatoms. The summed E-state index contributed by atoms with van der Waals surface area (Å²) in [7, 11) is 0. The number of hydrogen-bond donors (Lipinski definition) is 1. The molecule has 4 rings (SSSR count). The lowest BCUT2D eigenvalue weighted by Gasteiger charge is -2.24. The molecule has 6 nitrogen and oxygen atoms in total. The maximum atomic E-state index is 11.5. The third-order valence-electron chi connectivity index (χ3n) is 5.88. The van der Waals surface area contributed by atoms with Crippen molar-refractivity contribution in [1.82, 2.24) is 5.32 Å². The van der Waals surface area contributed by atoms with E-state index in [2.05, 4.69) is 24.0 Å². The van der Waals surface area contributed by atoms with Crippen molar-refractivity contribution < 1.29 is 23.7 Å². The van der Waals surface area contributed by atoms with E-state index in [0.29, 0.717) is 26.4 Å². The smallest absolute Gasteiger partial charge is 0.243 e. The van der Waals surface area contributed by atoms with Gasteiger partial charge in [-0.3, -0.25) is 4.79 Å². The van der Waals surface area contributed by atoms with Gasteiger partial charge < -0.3 is 24.3 Å². The Bertz CT molecular complexity index is 859. The molecule has 0 saturated carbocycles. The Labute approximate surface area is 189 Å². The van der Waals surface area contributed by atoms with Gasteiger partial charge in [-0.05, 0) is 23.6 Å². The van der Waals surface area contributed by atoms with Crippen LogP contribution in [-0.4, -0.2) is 49.6 Å². The van der Waals surface area contributed by atoms with Crippen molar-refractivity contribution in [3.63, 3.8) is 0 Å². The molecule has 2 aliphatic rings. The third-order valence-corrected chi connectivity index (χ3v) is 5.88. The van der Waals surface area contributed by atoms with Crippen molar-refractivity contribution in [2.24, 2.45) is 0 Å². The molecule has 2 aliphatic heterocycles. The predicted octanol–water partition coefficient (Wildman–Crippen LogP) is 3.41. The molecule has 2 saturated heterocycles. The Kier molecular flexibility index (Phi) is 8.07. The van der Waals surface area contributed by atoms with Gasteiger partial charge in [0.15, 0.2) is 0 Å². The monoisotopic (exact) mass is 437 g/mol. The number of hydrogen-bond acceptors (Lipinski definition) is 5. The molecule has 2 fully saturated rings. The van der Waals surface area contributed by atoms with E-state index < -0.39 is 0 Å². The molecular formula is C26H31NO5. The van der Waals surface area contributed by atoms with Gasteiger partial charge in [-0.2, -0.15) is 0 Å². The minimum absolute atomic E-state index is 0.0412. The van der Waals surface area contributed by atoms with Gasteiger partial charge >= 0.3 is 0 Å². The molecule has 170 valence electrons. The molecule has 2 aromatic carbocycles. The fourth-order valence-corrected chi connectivity index (χ4v) is 4.28. The van der Waals surface area contributed by atoms with Crippen LogP contribution in [0.3, 0.4) is 0 Å². The van der Waals surface area contributed by atoms with Crippen molar-refractivity contribution >= 4 is 5.91 Å². The van der Waals surface area contributed by atoms with E-state index >= 15 is 0 Å². The van der Waals surface area contributed by atoms with Crippen LogP contribution < -0.4 is 5.32 Å². The van der Waals surface area contributed by atoms with Gasteiger partial charge in [0.05, 0.1) is 31.5 Å². The molecule has 0 radical (unpaired) electrons. The molecule has 5 atom stereocenters. The summed E-state index contributed by atoms with van der Waals surface area (Å²) >= 11 is 0. The van der Waals surface area contributed by atoms with Crippen LogP contribution in [0.15, 0.2) is 73.3 Å². The predicted molar refractivity (Wildman–Crippen MR) is 121 cm³/mol. The summed E-state index contributed by atoms with van der Waals surface area (Å²) in [4.78, 5) is 11.5. The molecule has 0 aromatic heterocycles. The van der Waals surface area contributed by atoms with E-state index in [-0.39, 0.29) is 36.4 Å². The standard InChI is InChI=1S/C26H31NO5/c1-2-24(28)27-16-21-15-23-26(31-21)25(30-18-20-11-7-4-8-12-20)22(32-23)13-14-29-17-19-9-5-3-6-10-19/h2-12,21-23,25-26H,1,13-18H2,(H,27,28)/t21-,22+,23-,25+,26+/m0/s1. The number of rotatable bonds is 11. The highest BCUT2D eigenvalue weighted by Crippen LogP contribution is 2.37. The molecule has 2 heterocycles. The summed E-state index contributed by atoms with van der Waals surface area (Å²) < 4.78 is 24.8. The van der Waals surface area contributed by atoms with E-state index in [1.165, 1.54) is 6.08 Å². The first-order valence-corrected chi connectivity index (χ1v) is 11.2. The zero-order chi connectivity index (χ0) is 22.2. The van der Waals surface area contributed by atoms with Crippen LogP contribution in [0.5, 0.6) is 0 Å². The van der Waals surface area contributed by atoms with Crippen LogP contribution in [0.4, 0.5) is 0 Å². The molecule has 1 N–H and O–H groups in total. The Hall–Kier alpha value is -2.51. The van der Waals surface area contributed by atoms with Crippen LogP contribution in [0, 0.1) is 0 Å². The topological polar surface area (TPSA) is 66.0 Å². The Balaban J connectivity index is 1.32. The van der Waals surface area contributed by atoms with Gasteiger partial charge in [0.1, 0.15) is 12.2 Å². The summed E-state index contributed by atoms with van der Waals surface area (Å²) in [6.07, 6.45) is 2.18. The molecule has 32 heavy (non-hydrogen) atoms. The van der Waals surface area contributed by atoms with Crippen molar-refractivity contribution in [1.29, 1.82) is 0 Å². The number of nitrogens with one attached hydrogen (secondary N) is 1. The van der Waals surface area contributed by atoms with Gasteiger partial charge in [-0.25, -0.2) is 0 Å². The van der Waals surface area contributed by atoms with Crippen LogP contribution in [0.25, 0.3) is 0 Å². The minimum Gasteiger partial charge on any atom is -0.377 e. The summed E-state index contributed by atoms with van der Waals surface area (Å²) in [5, 5.41) is 2.81. The van der Waals surface area contributed by atoms with Crippen molar-refractivity contribution in [3.8, 4) is 0 Å². The van der Waals surface area contributed by atoms with Crippen LogP contribution >= 0.6 is 0 Å². The zero-order valence-electron chi connectivity index (χ0n) is 18.2. The van der Waals surface area contributed by atoms with Crippen LogP contribution in [0.2, 0.25) is 0 Å². The fraction of sp³-hybridized carbons (Fsp3) is 0.423. The number of fused-ring (bicyclic) bond motifs is 1.